The molecule has 1 atom stereocenters. The van der Waals surface area contributed by atoms with Gasteiger partial charge in [0.05, 0.1) is 11.7 Å². The van der Waals surface area contributed by atoms with Crippen LogP contribution in [0.3, 0.4) is 0 Å². The van der Waals surface area contributed by atoms with Crippen molar-refractivity contribution in [3.63, 3.8) is 0 Å². The fourth-order valence-corrected chi connectivity index (χ4v) is 4.13. The number of nitrogens with zero attached hydrogens (tertiary/aromatic N) is 2. The summed E-state index contributed by atoms with van der Waals surface area (Å²) in [5.41, 5.74) is 3.73. The first-order valence-corrected chi connectivity index (χ1v) is 11.2. The number of pyridine rings is 2. The highest BCUT2D eigenvalue weighted by Gasteiger charge is 2.30. The summed E-state index contributed by atoms with van der Waals surface area (Å²) in [6, 6.07) is 21.7. The molecule has 2 heterocycles. The fourth-order valence-electron chi connectivity index (χ4n) is 4.13. The molecule has 1 N–H and O–H groups in total. The minimum absolute atomic E-state index is 0.0566. The number of allylic oxidation sites excluding steroid dienone is 1. The van der Waals surface area contributed by atoms with E-state index in [1.807, 2.05) is 48.5 Å². The van der Waals surface area contributed by atoms with Crippen LogP contribution in [0.4, 0.5) is 0 Å². The summed E-state index contributed by atoms with van der Waals surface area (Å²) in [6.07, 6.45) is 10.4. The molecule has 2 aromatic heterocycles. The first-order valence-electron chi connectivity index (χ1n) is 11.2. The van der Waals surface area contributed by atoms with Gasteiger partial charge in [0.15, 0.2) is 0 Å². The van der Waals surface area contributed by atoms with Gasteiger partial charge in [-0.05, 0) is 64.1 Å². The standard InChI is InChI=1S/C24H24N2O.C5H5N/c1-24(2,3)22(20-12-4-5-15-25-20)26-23(27)19-14-13-17-9-6-8-16-10-7-11-18(19)21(16)17;1-2-4-6-5-3-1/h4-9,11-15,22H,10H2,1-3H3,(H,26,27);1-5H/t22-;/m0./s1. The van der Waals surface area contributed by atoms with E-state index in [2.05, 4.69) is 66.4 Å². The second-order valence-electron chi connectivity index (χ2n) is 9.20. The molecule has 1 aliphatic carbocycles. The van der Waals surface area contributed by atoms with E-state index in [1.54, 1.807) is 18.6 Å². The molecule has 33 heavy (non-hydrogen) atoms. The second kappa shape index (κ2) is 9.78. The zero-order chi connectivity index (χ0) is 23.3. The average Bonchev–Trinajstić information content (AvgIpc) is 2.84. The van der Waals surface area contributed by atoms with E-state index in [0.717, 1.165) is 23.2 Å². The minimum Gasteiger partial charge on any atom is -0.343 e. The molecule has 4 heteroatoms. The number of amides is 1. The Hall–Kier alpha value is -3.79. The number of aromatic nitrogens is 2. The van der Waals surface area contributed by atoms with Crippen LogP contribution in [0.5, 0.6) is 0 Å². The predicted octanol–water partition coefficient (Wildman–Crippen LogP) is 6.40. The summed E-state index contributed by atoms with van der Waals surface area (Å²) in [6.45, 7) is 6.36. The third kappa shape index (κ3) is 5.17. The number of carbonyl (C=O) groups excluding carboxylic acids is 1. The number of rotatable bonds is 3. The molecule has 1 amide bonds. The van der Waals surface area contributed by atoms with Crippen LogP contribution in [0.1, 0.15) is 54.0 Å². The zero-order valence-corrected chi connectivity index (χ0v) is 19.3. The molecular formula is C29H29N3O. The van der Waals surface area contributed by atoms with Crippen molar-refractivity contribution in [2.75, 3.05) is 0 Å². The van der Waals surface area contributed by atoms with Crippen LogP contribution in [0, 0.1) is 5.41 Å². The van der Waals surface area contributed by atoms with Gasteiger partial charge in [0.1, 0.15) is 0 Å². The molecule has 0 radical (unpaired) electrons. The normalized spacial score (nSPS) is 13.1. The number of nitrogens with one attached hydrogen (secondary N) is 1. The highest BCUT2D eigenvalue weighted by molar-refractivity contribution is 6.06. The molecule has 1 aliphatic rings. The van der Waals surface area contributed by atoms with Gasteiger partial charge >= 0.3 is 0 Å². The Morgan fingerprint density at radius 2 is 1.70 bits per heavy atom. The van der Waals surface area contributed by atoms with Crippen molar-refractivity contribution in [2.24, 2.45) is 5.41 Å². The van der Waals surface area contributed by atoms with E-state index in [0.29, 0.717) is 0 Å². The van der Waals surface area contributed by atoms with E-state index < -0.39 is 0 Å². The maximum atomic E-state index is 13.3. The molecule has 166 valence electrons. The minimum atomic E-state index is -0.170. The Labute approximate surface area is 195 Å². The highest BCUT2D eigenvalue weighted by Crippen LogP contribution is 2.34. The summed E-state index contributed by atoms with van der Waals surface area (Å²) in [4.78, 5) is 21.5. The number of benzene rings is 2. The number of hydrogen-bond acceptors (Lipinski definition) is 3. The third-order valence-electron chi connectivity index (χ3n) is 5.73. The SMILES string of the molecule is CC(C)(C)[C@@H](NC(=O)c1ccc2cccc3c2c1C=CC3)c1ccccn1.c1ccncc1. The lowest BCUT2D eigenvalue weighted by atomic mass is 9.84. The average molecular weight is 436 g/mol. The molecule has 0 saturated heterocycles. The van der Waals surface area contributed by atoms with E-state index in [1.165, 1.54) is 16.3 Å². The van der Waals surface area contributed by atoms with Crippen LogP contribution in [0.15, 0.2) is 91.4 Å². The van der Waals surface area contributed by atoms with Gasteiger partial charge in [0.2, 0.25) is 0 Å². The van der Waals surface area contributed by atoms with Crippen molar-refractivity contribution >= 4 is 22.8 Å². The van der Waals surface area contributed by atoms with Crippen LogP contribution in [-0.2, 0) is 6.42 Å². The topological polar surface area (TPSA) is 54.9 Å². The molecule has 0 fully saturated rings. The van der Waals surface area contributed by atoms with Crippen LogP contribution >= 0.6 is 0 Å². The summed E-state index contributed by atoms with van der Waals surface area (Å²) < 4.78 is 0. The van der Waals surface area contributed by atoms with Crippen molar-refractivity contribution in [3.05, 3.63) is 114 Å². The van der Waals surface area contributed by atoms with Gasteiger partial charge in [-0.2, -0.15) is 0 Å². The van der Waals surface area contributed by atoms with Crippen molar-refractivity contribution in [1.29, 1.82) is 0 Å². The summed E-state index contributed by atoms with van der Waals surface area (Å²) >= 11 is 0. The Kier molecular flexibility index (Phi) is 6.64. The predicted molar refractivity (Wildman–Crippen MR) is 135 cm³/mol. The lowest BCUT2D eigenvalue weighted by Crippen LogP contribution is -2.37. The van der Waals surface area contributed by atoms with Crippen LogP contribution in [0.2, 0.25) is 0 Å². The molecule has 4 nitrogen and oxygen atoms in total. The van der Waals surface area contributed by atoms with Crippen molar-refractivity contribution in [3.8, 4) is 0 Å². The zero-order valence-electron chi connectivity index (χ0n) is 19.3. The van der Waals surface area contributed by atoms with Gasteiger partial charge in [-0.15, -0.1) is 0 Å². The maximum absolute atomic E-state index is 13.3. The third-order valence-corrected chi connectivity index (χ3v) is 5.73. The van der Waals surface area contributed by atoms with E-state index >= 15 is 0 Å². The number of carbonyl (C=O) groups is 1. The summed E-state index contributed by atoms with van der Waals surface area (Å²) in [5.74, 6) is -0.0566. The molecule has 2 aromatic carbocycles. The lowest BCUT2D eigenvalue weighted by molar-refractivity contribution is 0.0899. The molecule has 4 aromatic rings. The molecule has 0 bridgehead atoms. The summed E-state index contributed by atoms with van der Waals surface area (Å²) in [5, 5.41) is 5.61. The highest BCUT2D eigenvalue weighted by atomic mass is 16.1. The van der Waals surface area contributed by atoms with Crippen molar-refractivity contribution < 1.29 is 4.79 Å². The van der Waals surface area contributed by atoms with Crippen LogP contribution in [-0.4, -0.2) is 15.9 Å². The molecule has 0 spiro atoms. The van der Waals surface area contributed by atoms with E-state index in [9.17, 15) is 4.79 Å². The first-order chi connectivity index (χ1) is 15.9. The molecule has 0 unspecified atom stereocenters. The van der Waals surface area contributed by atoms with E-state index in [4.69, 9.17) is 0 Å². The van der Waals surface area contributed by atoms with Gasteiger partial charge in [0.25, 0.3) is 5.91 Å². The Balaban J connectivity index is 0.000000376. The number of hydrogen-bond donors (Lipinski definition) is 1. The van der Waals surface area contributed by atoms with Crippen LogP contribution in [0.25, 0.3) is 16.8 Å². The Morgan fingerprint density at radius 1 is 0.909 bits per heavy atom. The van der Waals surface area contributed by atoms with Gasteiger partial charge < -0.3 is 5.32 Å². The van der Waals surface area contributed by atoms with Crippen molar-refractivity contribution in [2.45, 2.75) is 33.2 Å². The Bertz CT molecular complexity index is 1230. The smallest absolute Gasteiger partial charge is 0.252 e. The van der Waals surface area contributed by atoms with Crippen LogP contribution < -0.4 is 5.32 Å². The quantitative estimate of drug-likeness (QED) is 0.405. The molecule has 0 saturated carbocycles. The van der Waals surface area contributed by atoms with Gasteiger partial charge in [-0.25, -0.2) is 0 Å². The monoisotopic (exact) mass is 435 g/mol. The largest absolute Gasteiger partial charge is 0.343 e. The molecular weight excluding hydrogens is 406 g/mol. The summed E-state index contributed by atoms with van der Waals surface area (Å²) in [7, 11) is 0. The second-order valence-corrected chi connectivity index (χ2v) is 9.20. The van der Waals surface area contributed by atoms with Gasteiger partial charge in [-0.3, -0.25) is 14.8 Å². The Morgan fingerprint density at radius 3 is 2.33 bits per heavy atom. The molecule has 5 rings (SSSR count). The van der Waals surface area contributed by atoms with Gasteiger partial charge in [-0.1, -0.05) is 69.3 Å². The van der Waals surface area contributed by atoms with Gasteiger partial charge in [0, 0.05) is 24.2 Å². The van der Waals surface area contributed by atoms with E-state index in [-0.39, 0.29) is 17.4 Å². The first kappa shape index (κ1) is 22.4. The lowest BCUT2D eigenvalue weighted by Gasteiger charge is -2.31. The fraction of sp³-hybridized carbons (Fsp3) is 0.207. The molecule has 0 aliphatic heterocycles. The maximum Gasteiger partial charge on any atom is 0.252 e. The van der Waals surface area contributed by atoms with Crippen molar-refractivity contribution in [1.82, 2.24) is 15.3 Å².